The zero-order valence-electron chi connectivity index (χ0n) is 36.6. The van der Waals surface area contributed by atoms with Crippen LogP contribution in [0.3, 0.4) is 0 Å². The summed E-state index contributed by atoms with van der Waals surface area (Å²) >= 11 is 2.92. The van der Waals surface area contributed by atoms with Crippen LogP contribution >= 0.6 is 23.5 Å². The molecule has 67 heavy (non-hydrogen) atoms. The van der Waals surface area contributed by atoms with Crippen molar-refractivity contribution in [3.05, 3.63) is 130 Å². The van der Waals surface area contributed by atoms with E-state index in [1.54, 1.807) is 19.1 Å². The Balaban J connectivity index is 0.000000345. The summed E-state index contributed by atoms with van der Waals surface area (Å²) in [7, 11) is 1.51. The first-order valence-corrected chi connectivity index (χ1v) is 21.4. The molecular formula is C45H43F6N2NaO11S2. The number of thioether (sulfide) groups is 2. The van der Waals surface area contributed by atoms with E-state index in [1.165, 1.54) is 54.9 Å². The van der Waals surface area contributed by atoms with E-state index in [9.17, 15) is 41.0 Å². The van der Waals surface area contributed by atoms with Gasteiger partial charge in [0.15, 0.2) is 24.7 Å². The molecule has 0 aliphatic rings. The molecule has 0 aliphatic carbocycles. The standard InChI is InChI=1S/C23H22F3NO5S.C22H20F3NO5S.Na.H2O/c1-3-30-21(29)12-31-20-9-8-17(10-14(20)2)33-13-19-18(11-28)22(32-27-19)15-4-6-16(7-5-15)23(24,25)26;1-13-9-16(7-8-19(13)30-11-20(27)28)32-12-18-17(10-29-2)21(31-26-18)14-3-5-15(6-4-14)22(23,24)25;;/h4-10,28H,3,11-13H2,1-2H3;3-9H,10-12H2,1-2H3,(H,27,28);;1H2/q;;+1;/p-1. The number of carbonyl (C=O) groups is 2. The maximum absolute atomic E-state index is 12.8. The summed E-state index contributed by atoms with van der Waals surface area (Å²) < 4.78 is 108. The molecule has 0 atom stereocenters. The first-order valence-electron chi connectivity index (χ1n) is 19.4. The van der Waals surface area contributed by atoms with Crippen molar-refractivity contribution >= 4 is 35.5 Å². The van der Waals surface area contributed by atoms with Crippen molar-refractivity contribution in [2.45, 2.75) is 67.6 Å². The van der Waals surface area contributed by atoms with E-state index < -0.39 is 42.0 Å². The number of carbonyl (C=O) groups excluding carboxylic acids is 1. The molecular weight excluding hydrogens is 946 g/mol. The van der Waals surface area contributed by atoms with Crippen LogP contribution in [0.4, 0.5) is 26.3 Å². The summed E-state index contributed by atoms with van der Waals surface area (Å²) in [5.41, 5.74) is 3.20. The first-order chi connectivity index (χ1) is 30.9. The number of nitrogens with zero attached hydrogens (tertiary/aromatic N) is 2. The minimum atomic E-state index is -4.43. The van der Waals surface area contributed by atoms with E-state index in [0.717, 1.165) is 45.2 Å². The Hall–Kier alpha value is -5.00. The normalized spacial score (nSPS) is 11.1. The van der Waals surface area contributed by atoms with Crippen LogP contribution in [0.5, 0.6) is 11.5 Å². The summed E-state index contributed by atoms with van der Waals surface area (Å²) in [4.78, 5) is 23.9. The maximum Gasteiger partial charge on any atom is 1.00 e. The Kier molecular flexibility index (Phi) is 21.8. The van der Waals surface area contributed by atoms with Crippen LogP contribution in [0.1, 0.15) is 51.7 Å². The van der Waals surface area contributed by atoms with Gasteiger partial charge in [0.2, 0.25) is 0 Å². The number of aliphatic hydroxyl groups excluding tert-OH is 1. The van der Waals surface area contributed by atoms with Gasteiger partial charge in [-0.1, -0.05) is 34.6 Å². The van der Waals surface area contributed by atoms with Crippen molar-refractivity contribution in [2.75, 3.05) is 26.9 Å². The number of aromatic nitrogens is 2. The zero-order chi connectivity index (χ0) is 47.3. The van der Waals surface area contributed by atoms with Crippen LogP contribution in [0.25, 0.3) is 22.6 Å². The molecule has 0 spiro atoms. The molecule has 0 radical (unpaired) electrons. The number of aryl methyl sites for hydroxylation is 2. The molecule has 13 nitrogen and oxygen atoms in total. The van der Waals surface area contributed by atoms with Gasteiger partial charge in [0, 0.05) is 50.7 Å². The number of carboxylic acid groups (broad SMARTS) is 1. The van der Waals surface area contributed by atoms with E-state index in [1.807, 2.05) is 38.1 Å². The van der Waals surface area contributed by atoms with E-state index in [2.05, 4.69) is 10.3 Å². The van der Waals surface area contributed by atoms with Gasteiger partial charge in [-0.2, -0.15) is 26.3 Å². The van der Waals surface area contributed by atoms with Gasteiger partial charge in [0.25, 0.3) is 0 Å². The Morgan fingerprint density at radius 3 is 1.51 bits per heavy atom. The number of aliphatic hydroxyl groups is 1. The number of benzene rings is 4. The number of carboxylic acids is 1. The number of methoxy groups -OCH3 is 1. The minimum Gasteiger partial charge on any atom is -0.870 e. The zero-order valence-corrected chi connectivity index (χ0v) is 40.3. The SMILES string of the molecule is CCOC(=O)COc1ccc(SCc2noc(-c3ccc(C(F)(F)F)cc3)c2CO)cc1C.COCc1c(CSc2ccc(OCC(=O)O)c(C)c2)noc1-c1ccc(C(F)(F)F)cc1.[Na+].[OH-]. The van der Waals surface area contributed by atoms with Gasteiger partial charge in [-0.05, 0) is 92.6 Å². The van der Waals surface area contributed by atoms with Crippen molar-refractivity contribution in [2.24, 2.45) is 0 Å². The molecule has 6 rings (SSSR count). The number of alkyl halides is 6. The average Bonchev–Trinajstić information content (AvgIpc) is 3.87. The second-order valence-corrected chi connectivity index (χ2v) is 15.9. The maximum atomic E-state index is 12.8. The number of ether oxygens (including phenoxy) is 4. The van der Waals surface area contributed by atoms with Crippen molar-refractivity contribution in [3.8, 4) is 34.1 Å². The number of aliphatic carboxylic acids is 1. The smallest absolute Gasteiger partial charge is 0.870 e. The summed E-state index contributed by atoms with van der Waals surface area (Å²) in [5, 5.41) is 26.6. The molecule has 4 aromatic carbocycles. The number of hydrogen-bond acceptors (Lipinski definition) is 14. The number of hydrogen-bond donors (Lipinski definition) is 2. The first kappa shape index (κ1) is 56.3. The molecule has 3 N–H and O–H groups in total. The largest absolute Gasteiger partial charge is 1.00 e. The van der Waals surface area contributed by atoms with E-state index in [-0.39, 0.29) is 67.2 Å². The second-order valence-electron chi connectivity index (χ2n) is 13.8. The quantitative estimate of drug-likeness (QED) is 0.0367. The van der Waals surface area contributed by atoms with Crippen molar-refractivity contribution in [1.82, 2.24) is 10.3 Å². The molecule has 0 amide bonds. The van der Waals surface area contributed by atoms with E-state index >= 15 is 0 Å². The monoisotopic (exact) mass is 988 g/mol. The number of rotatable bonds is 18. The third-order valence-corrected chi connectivity index (χ3v) is 11.2. The van der Waals surface area contributed by atoms with Crippen molar-refractivity contribution in [3.63, 3.8) is 0 Å². The fourth-order valence-corrected chi connectivity index (χ4v) is 7.88. The predicted molar refractivity (Wildman–Crippen MR) is 229 cm³/mol. The predicted octanol–water partition coefficient (Wildman–Crippen LogP) is 7.79. The fraction of sp³-hybridized carbons (Fsp3) is 0.289. The van der Waals surface area contributed by atoms with Crippen molar-refractivity contribution < 1.29 is 109 Å². The van der Waals surface area contributed by atoms with Crippen LogP contribution < -0.4 is 39.0 Å². The van der Waals surface area contributed by atoms with E-state index in [4.69, 9.17) is 33.1 Å². The molecule has 0 unspecified atom stereocenters. The number of halogens is 6. The van der Waals surface area contributed by atoms with Crippen LogP contribution in [-0.4, -0.2) is 64.9 Å². The third-order valence-electron chi connectivity index (χ3n) is 9.18. The van der Waals surface area contributed by atoms with Crippen molar-refractivity contribution in [1.29, 1.82) is 0 Å². The van der Waals surface area contributed by atoms with Gasteiger partial charge in [-0.3, -0.25) is 0 Å². The molecule has 0 bridgehead atoms. The molecule has 6 aromatic rings. The second kappa shape index (κ2) is 25.9. The molecule has 22 heteroatoms. The molecule has 0 saturated heterocycles. The van der Waals surface area contributed by atoms with Gasteiger partial charge in [-0.15, -0.1) is 23.5 Å². The van der Waals surface area contributed by atoms with Gasteiger partial charge in [0.1, 0.15) is 11.5 Å². The number of esters is 1. The van der Waals surface area contributed by atoms with Crippen LogP contribution in [0.2, 0.25) is 0 Å². The molecule has 0 aliphatic heterocycles. The topological polar surface area (TPSA) is 194 Å². The molecule has 0 saturated carbocycles. The van der Waals surface area contributed by atoms with E-state index in [0.29, 0.717) is 62.4 Å². The Morgan fingerprint density at radius 2 is 1.12 bits per heavy atom. The molecule has 2 heterocycles. The Labute approximate surface area is 411 Å². The van der Waals surface area contributed by atoms with Gasteiger partial charge in [-0.25, -0.2) is 9.59 Å². The third kappa shape index (κ3) is 16.1. The van der Waals surface area contributed by atoms with Gasteiger partial charge < -0.3 is 43.7 Å². The minimum absolute atomic E-state index is 0. The Morgan fingerprint density at radius 1 is 0.687 bits per heavy atom. The summed E-state index contributed by atoms with van der Waals surface area (Å²) in [5.74, 6) is 0.980. The summed E-state index contributed by atoms with van der Waals surface area (Å²) in [6, 6.07) is 20.0. The van der Waals surface area contributed by atoms with Gasteiger partial charge >= 0.3 is 53.8 Å². The molecule has 0 fully saturated rings. The van der Waals surface area contributed by atoms with Crippen LogP contribution in [0, 0.1) is 13.8 Å². The Bertz CT molecular complexity index is 2540. The van der Waals surface area contributed by atoms with Crippen LogP contribution in [0.15, 0.2) is 104 Å². The van der Waals surface area contributed by atoms with Crippen LogP contribution in [-0.2, 0) is 56.1 Å². The molecule has 2 aromatic heterocycles. The van der Waals surface area contributed by atoms with Gasteiger partial charge in [0.05, 0.1) is 42.3 Å². The fourth-order valence-electron chi connectivity index (χ4n) is 5.97. The summed E-state index contributed by atoms with van der Waals surface area (Å²) in [6.07, 6.45) is -8.84. The summed E-state index contributed by atoms with van der Waals surface area (Å²) in [6.45, 7) is 4.91. The molecule has 354 valence electrons. The average molecular weight is 989 g/mol.